The number of rotatable bonds is 6. The average molecular weight is 404 g/mol. The molecule has 0 aliphatic rings. The summed E-state index contributed by atoms with van der Waals surface area (Å²) in [6, 6.07) is 12.9. The van der Waals surface area contributed by atoms with Gasteiger partial charge in [0.25, 0.3) is 0 Å². The molecule has 2 aromatic carbocycles. The zero-order valence-electron chi connectivity index (χ0n) is 14.8. The van der Waals surface area contributed by atoms with Crippen molar-refractivity contribution in [3.8, 4) is 17.1 Å². The Morgan fingerprint density at radius 2 is 2.04 bits per heavy atom. The van der Waals surface area contributed by atoms with Crippen LogP contribution in [0.2, 0.25) is 5.02 Å². The van der Waals surface area contributed by atoms with Gasteiger partial charge in [0.2, 0.25) is 11.1 Å². The van der Waals surface area contributed by atoms with Crippen LogP contribution in [-0.4, -0.2) is 33.6 Å². The van der Waals surface area contributed by atoms with E-state index >= 15 is 0 Å². The number of carbonyl (C=O) groups excluding carboxylic acids is 1. The van der Waals surface area contributed by atoms with Crippen molar-refractivity contribution >= 4 is 35.0 Å². The third-order valence-corrected chi connectivity index (χ3v) is 5.13. The summed E-state index contributed by atoms with van der Waals surface area (Å²) in [5, 5.41) is 12.0. The molecule has 9 heteroatoms. The molecule has 1 aromatic heterocycles. The zero-order chi connectivity index (χ0) is 19.4. The highest BCUT2D eigenvalue weighted by Gasteiger charge is 2.15. The Kier molecular flexibility index (Phi) is 5.88. The quantitative estimate of drug-likeness (QED) is 0.484. The predicted molar refractivity (Wildman–Crippen MR) is 108 cm³/mol. The molecule has 0 radical (unpaired) electrons. The molecule has 0 fully saturated rings. The summed E-state index contributed by atoms with van der Waals surface area (Å²) in [4.78, 5) is 12.3. The fraction of sp³-hybridized carbons (Fsp3) is 0.167. The van der Waals surface area contributed by atoms with Gasteiger partial charge in [-0.25, -0.2) is 4.68 Å². The highest BCUT2D eigenvalue weighted by molar-refractivity contribution is 7.99. The van der Waals surface area contributed by atoms with Crippen LogP contribution in [0.5, 0.6) is 5.75 Å². The second-order valence-electron chi connectivity index (χ2n) is 5.68. The summed E-state index contributed by atoms with van der Waals surface area (Å²) in [7, 11) is 1.52. The summed E-state index contributed by atoms with van der Waals surface area (Å²) < 4.78 is 6.64. The molecule has 140 valence electrons. The summed E-state index contributed by atoms with van der Waals surface area (Å²) in [5.41, 5.74) is 2.25. The van der Waals surface area contributed by atoms with Crippen molar-refractivity contribution in [3.05, 3.63) is 53.1 Å². The van der Waals surface area contributed by atoms with Crippen molar-refractivity contribution in [1.29, 1.82) is 0 Å². The number of halogens is 1. The van der Waals surface area contributed by atoms with Gasteiger partial charge in [0.15, 0.2) is 5.82 Å². The van der Waals surface area contributed by atoms with E-state index in [9.17, 15) is 4.79 Å². The lowest BCUT2D eigenvalue weighted by Gasteiger charge is -2.12. The number of hydrogen-bond donors (Lipinski definition) is 2. The molecule has 0 aliphatic heterocycles. The normalized spacial score (nSPS) is 10.6. The molecule has 3 rings (SSSR count). The second-order valence-corrected chi connectivity index (χ2v) is 7.03. The number of benzene rings is 2. The monoisotopic (exact) mass is 403 g/mol. The highest BCUT2D eigenvalue weighted by atomic mass is 35.5. The van der Waals surface area contributed by atoms with Crippen molar-refractivity contribution in [2.45, 2.75) is 12.1 Å². The van der Waals surface area contributed by atoms with Gasteiger partial charge in [0.05, 0.1) is 18.6 Å². The average Bonchev–Trinajstić information content (AvgIpc) is 3.04. The number of nitrogens with one attached hydrogen (secondary N) is 1. The summed E-state index contributed by atoms with van der Waals surface area (Å²) in [6.45, 7) is 1.86. The molecule has 1 heterocycles. The van der Waals surface area contributed by atoms with Crippen LogP contribution in [0.25, 0.3) is 11.4 Å². The molecule has 0 saturated heterocycles. The highest BCUT2D eigenvalue weighted by Crippen LogP contribution is 2.31. The van der Waals surface area contributed by atoms with E-state index in [0.717, 1.165) is 11.1 Å². The van der Waals surface area contributed by atoms with E-state index in [1.165, 1.54) is 23.5 Å². The van der Waals surface area contributed by atoms with E-state index < -0.39 is 0 Å². The predicted octanol–water partition coefficient (Wildman–Crippen LogP) is 3.36. The first-order valence-corrected chi connectivity index (χ1v) is 9.38. The van der Waals surface area contributed by atoms with Crippen LogP contribution in [0.3, 0.4) is 0 Å². The van der Waals surface area contributed by atoms with Crippen LogP contribution in [0, 0.1) is 6.92 Å². The molecule has 3 N–H and O–H groups in total. The molecule has 7 nitrogen and oxygen atoms in total. The van der Waals surface area contributed by atoms with Gasteiger partial charge in [0.1, 0.15) is 5.75 Å². The molecule has 0 bridgehead atoms. The number of nitrogens with two attached hydrogens (primary N) is 1. The van der Waals surface area contributed by atoms with Crippen molar-refractivity contribution < 1.29 is 9.53 Å². The van der Waals surface area contributed by atoms with E-state index in [0.29, 0.717) is 27.4 Å². The number of ether oxygens (including phenoxy) is 1. The van der Waals surface area contributed by atoms with Crippen LogP contribution in [0.15, 0.2) is 47.6 Å². The largest absolute Gasteiger partial charge is 0.495 e. The first-order valence-electron chi connectivity index (χ1n) is 8.02. The maximum Gasteiger partial charge on any atom is 0.234 e. The maximum absolute atomic E-state index is 12.3. The van der Waals surface area contributed by atoms with Gasteiger partial charge in [-0.05, 0) is 18.6 Å². The molecular weight excluding hydrogens is 386 g/mol. The van der Waals surface area contributed by atoms with E-state index in [2.05, 4.69) is 15.5 Å². The number of nitrogens with zero attached hydrogens (tertiary/aromatic N) is 3. The molecule has 0 unspecified atom stereocenters. The number of carbonyl (C=O) groups is 1. The Morgan fingerprint density at radius 1 is 1.30 bits per heavy atom. The van der Waals surface area contributed by atoms with Crippen molar-refractivity contribution in [1.82, 2.24) is 14.9 Å². The standard InChI is InChI=1S/C18H18ClN5O2S/c1-11-8-14(15(26-2)9-13(11)19)21-16(25)10-27-18-23-22-17(24(18)20)12-6-4-3-5-7-12/h3-9H,10,20H2,1-2H3,(H,21,25). The Labute approximate surface area is 165 Å². The zero-order valence-corrected chi connectivity index (χ0v) is 16.3. The van der Waals surface area contributed by atoms with E-state index in [4.69, 9.17) is 22.2 Å². The first kappa shape index (κ1) is 19.1. The number of aryl methyl sites for hydroxylation is 1. The molecule has 0 saturated carbocycles. The Balaban J connectivity index is 1.67. The third-order valence-electron chi connectivity index (χ3n) is 3.78. The number of methoxy groups -OCH3 is 1. The van der Waals surface area contributed by atoms with Crippen LogP contribution in [0.1, 0.15) is 5.56 Å². The topological polar surface area (TPSA) is 95.1 Å². The number of aromatic nitrogens is 3. The lowest BCUT2D eigenvalue weighted by Crippen LogP contribution is -2.17. The number of nitrogen functional groups attached to an aromatic ring is 1. The summed E-state index contributed by atoms with van der Waals surface area (Å²) in [5.74, 6) is 7.00. The molecule has 1 amide bonds. The van der Waals surface area contributed by atoms with Gasteiger partial charge in [-0.3, -0.25) is 4.79 Å². The molecule has 0 atom stereocenters. The fourth-order valence-electron chi connectivity index (χ4n) is 2.41. The minimum Gasteiger partial charge on any atom is -0.495 e. The van der Waals surface area contributed by atoms with Gasteiger partial charge >= 0.3 is 0 Å². The lowest BCUT2D eigenvalue weighted by molar-refractivity contribution is -0.113. The molecular formula is C18H18ClN5O2S. The van der Waals surface area contributed by atoms with Crippen molar-refractivity contribution in [2.24, 2.45) is 0 Å². The Morgan fingerprint density at radius 3 is 2.74 bits per heavy atom. The first-order chi connectivity index (χ1) is 13.0. The number of amides is 1. The van der Waals surface area contributed by atoms with E-state index in [1.807, 2.05) is 37.3 Å². The van der Waals surface area contributed by atoms with Crippen molar-refractivity contribution in [2.75, 3.05) is 24.0 Å². The minimum atomic E-state index is -0.218. The molecule has 3 aromatic rings. The van der Waals surface area contributed by atoms with Gasteiger partial charge < -0.3 is 15.9 Å². The molecule has 0 spiro atoms. The van der Waals surface area contributed by atoms with Crippen LogP contribution in [0.4, 0.5) is 5.69 Å². The smallest absolute Gasteiger partial charge is 0.234 e. The Hall–Kier alpha value is -2.71. The lowest BCUT2D eigenvalue weighted by atomic mass is 10.2. The molecule has 27 heavy (non-hydrogen) atoms. The van der Waals surface area contributed by atoms with E-state index in [1.54, 1.807) is 12.1 Å². The minimum absolute atomic E-state index is 0.120. The van der Waals surface area contributed by atoms with Gasteiger partial charge in [-0.15, -0.1) is 10.2 Å². The number of hydrogen-bond acceptors (Lipinski definition) is 6. The van der Waals surface area contributed by atoms with E-state index in [-0.39, 0.29) is 11.7 Å². The number of anilines is 1. The van der Waals surface area contributed by atoms with Crippen LogP contribution >= 0.6 is 23.4 Å². The van der Waals surface area contributed by atoms with Gasteiger partial charge in [-0.2, -0.15) is 0 Å². The third kappa shape index (κ3) is 4.35. The van der Waals surface area contributed by atoms with Gasteiger partial charge in [-0.1, -0.05) is 53.7 Å². The fourth-order valence-corrected chi connectivity index (χ4v) is 3.22. The molecule has 0 aliphatic carbocycles. The number of thioether (sulfide) groups is 1. The van der Waals surface area contributed by atoms with Crippen molar-refractivity contribution in [3.63, 3.8) is 0 Å². The second kappa shape index (κ2) is 8.32. The summed E-state index contributed by atoms with van der Waals surface area (Å²) >= 11 is 7.28. The van der Waals surface area contributed by atoms with Crippen LogP contribution in [-0.2, 0) is 4.79 Å². The van der Waals surface area contributed by atoms with Gasteiger partial charge in [0, 0.05) is 16.7 Å². The van der Waals surface area contributed by atoms with Crippen LogP contribution < -0.4 is 15.9 Å². The maximum atomic E-state index is 12.3. The SMILES string of the molecule is COc1cc(Cl)c(C)cc1NC(=O)CSc1nnc(-c2ccccc2)n1N. The summed E-state index contributed by atoms with van der Waals surface area (Å²) in [6.07, 6.45) is 0. The Bertz CT molecular complexity index is 962.